The minimum Gasteiger partial charge on any atom is -0.300 e. The number of nitrogens with zero attached hydrogens (tertiary/aromatic N) is 2. The van der Waals surface area contributed by atoms with Crippen LogP contribution >= 0.6 is 11.6 Å². The van der Waals surface area contributed by atoms with Crippen molar-refractivity contribution in [3.8, 4) is 6.07 Å². The molecule has 0 bridgehead atoms. The Balaban J connectivity index is 2.51. The fraction of sp³-hybridized carbons (Fsp3) is 0.273. The lowest BCUT2D eigenvalue weighted by Gasteiger charge is -2.05. The Morgan fingerprint density at radius 2 is 2.31 bits per heavy atom. The van der Waals surface area contributed by atoms with Crippen molar-refractivity contribution in [1.29, 1.82) is 5.26 Å². The number of fused-ring (bicyclic) bond motifs is 1. The highest BCUT2D eigenvalue weighted by molar-refractivity contribution is 6.30. The number of nitrogens with one attached hydrogen (secondary N) is 1. The maximum Gasteiger partial charge on any atom is 0.205 e. The van der Waals surface area contributed by atoms with Crippen LogP contribution in [0.25, 0.3) is 5.52 Å². The van der Waals surface area contributed by atoms with Gasteiger partial charge in [0.25, 0.3) is 0 Å². The highest BCUT2D eigenvalue weighted by Gasteiger charge is 2.31. The van der Waals surface area contributed by atoms with Crippen LogP contribution in [-0.2, 0) is 0 Å². The van der Waals surface area contributed by atoms with Gasteiger partial charge in [0, 0.05) is 11.8 Å². The molecule has 3 rings (SSSR count). The SMILES string of the molecule is N#Cc1c(=O)c(C2CC2)c(Cl)n2[nH]ccc12. The van der Waals surface area contributed by atoms with Crippen LogP contribution in [-0.4, -0.2) is 9.61 Å². The Kier molecular flexibility index (Phi) is 1.86. The number of aromatic amines is 1. The van der Waals surface area contributed by atoms with E-state index in [1.54, 1.807) is 16.8 Å². The molecule has 1 aliphatic rings. The molecule has 16 heavy (non-hydrogen) atoms. The third kappa shape index (κ3) is 1.12. The van der Waals surface area contributed by atoms with E-state index in [-0.39, 0.29) is 16.9 Å². The minimum absolute atomic E-state index is 0.174. The lowest BCUT2D eigenvalue weighted by Crippen LogP contribution is -2.16. The van der Waals surface area contributed by atoms with Gasteiger partial charge in [0.2, 0.25) is 5.43 Å². The number of halogens is 1. The molecule has 0 atom stereocenters. The molecule has 0 radical (unpaired) electrons. The number of nitriles is 1. The number of hydrogen-bond acceptors (Lipinski definition) is 2. The fourth-order valence-electron chi connectivity index (χ4n) is 1.99. The first kappa shape index (κ1) is 9.49. The highest BCUT2D eigenvalue weighted by atomic mass is 35.5. The fourth-order valence-corrected chi connectivity index (χ4v) is 2.37. The molecule has 2 aromatic rings. The van der Waals surface area contributed by atoms with Gasteiger partial charge in [0.15, 0.2) is 0 Å². The third-order valence-electron chi connectivity index (χ3n) is 2.93. The quantitative estimate of drug-likeness (QED) is 0.766. The van der Waals surface area contributed by atoms with Gasteiger partial charge in [-0.3, -0.25) is 4.79 Å². The number of H-pyrrole nitrogens is 1. The summed E-state index contributed by atoms with van der Waals surface area (Å²) in [4.78, 5) is 12.1. The highest BCUT2D eigenvalue weighted by Crippen LogP contribution is 2.41. The lowest BCUT2D eigenvalue weighted by atomic mass is 10.1. The Morgan fingerprint density at radius 1 is 1.56 bits per heavy atom. The summed E-state index contributed by atoms with van der Waals surface area (Å²) in [5.41, 5.74) is 1.09. The molecule has 0 unspecified atom stereocenters. The Hall–Kier alpha value is -1.73. The Labute approximate surface area is 96.0 Å². The third-order valence-corrected chi connectivity index (χ3v) is 3.30. The normalized spacial score (nSPS) is 15.2. The first-order chi connectivity index (χ1) is 7.74. The summed E-state index contributed by atoms with van der Waals surface area (Å²) in [5, 5.41) is 12.3. The van der Waals surface area contributed by atoms with Gasteiger partial charge in [0.1, 0.15) is 16.8 Å². The Morgan fingerprint density at radius 3 is 2.94 bits per heavy atom. The number of hydrogen-bond donors (Lipinski definition) is 1. The number of aromatic nitrogens is 2. The molecule has 2 heterocycles. The van der Waals surface area contributed by atoms with Gasteiger partial charge in [-0.1, -0.05) is 11.6 Å². The smallest absolute Gasteiger partial charge is 0.205 e. The molecule has 4 nitrogen and oxygen atoms in total. The second kappa shape index (κ2) is 3.13. The van der Waals surface area contributed by atoms with Gasteiger partial charge >= 0.3 is 0 Å². The van der Waals surface area contributed by atoms with E-state index >= 15 is 0 Å². The topological polar surface area (TPSA) is 61.1 Å². The van der Waals surface area contributed by atoms with E-state index in [2.05, 4.69) is 5.10 Å². The van der Waals surface area contributed by atoms with Crippen molar-refractivity contribution in [3.63, 3.8) is 0 Å². The van der Waals surface area contributed by atoms with Crippen molar-refractivity contribution in [1.82, 2.24) is 9.61 Å². The van der Waals surface area contributed by atoms with Crippen molar-refractivity contribution in [2.45, 2.75) is 18.8 Å². The summed E-state index contributed by atoms with van der Waals surface area (Å²) in [5.74, 6) is 0.229. The van der Waals surface area contributed by atoms with Gasteiger partial charge in [-0.25, -0.2) is 4.52 Å². The van der Waals surface area contributed by atoms with E-state index in [0.29, 0.717) is 16.2 Å². The molecule has 1 saturated carbocycles. The van der Waals surface area contributed by atoms with Crippen LogP contribution in [0.4, 0.5) is 0 Å². The van der Waals surface area contributed by atoms with Crippen molar-refractivity contribution in [2.24, 2.45) is 0 Å². The zero-order valence-electron chi connectivity index (χ0n) is 8.33. The largest absolute Gasteiger partial charge is 0.300 e. The van der Waals surface area contributed by atoms with E-state index in [0.717, 1.165) is 12.8 Å². The average molecular weight is 234 g/mol. The molecule has 2 aromatic heterocycles. The zero-order valence-corrected chi connectivity index (χ0v) is 9.08. The van der Waals surface area contributed by atoms with E-state index in [1.807, 2.05) is 6.07 Å². The maximum atomic E-state index is 12.1. The van der Waals surface area contributed by atoms with Gasteiger partial charge in [-0.15, -0.1) is 0 Å². The number of rotatable bonds is 1. The summed E-state index contributed by atoms with van der Waals surface area (Å²) < 4.78 is 1.59. The van der Waals surface area contributed by atoms with Gasteiger partial charge < -0.3 is 5.10 Å². The average Bonchev–Trinajstić information content (AvgIpc) is 2.96. The van der Waals surface area contributed by atoms with Gasteiger partial charge in [-0.05, 0) is 24.8 Å². The minimum atomic E-state index is -0.213. The van der Waals surface area contributed by atoms with Crippen LogP contribution < -0.4 is 5.43 Å². The van der Waals surface area contributed by atoms with Gasteiger partial charge in [-0.2, -0.15) is 5.26 Å². The molecular formula is C11H8ClN3O. The van der Waals surface area contributed by atoms with Crippen molar-refractivity contribution >= 4 is 17.1 Å². The standard InChI is InChI=1S/C11H8ClN3O/c12-11-9(6-1-2-6)10(16)7(5-13)8-3-4-14-15(8)11/h3-4,6,14H,1-2H2. The molecule has 1 fully saturated rings. The molecule has 1 aliphatic carbocycles. The maximum absolute atomic E-state index is 12.1. The molecule has 0 aliphatic heterocycles. The summed E-state index contributed by atoms with van der Waals surface area (Å²) in [6.45, 7) is 0. The Bertz CT molecular complexity index is 673. The molecule has 1 N–H and O–H groups in total. The zero-order chi connectivity index (χ0) is 11.3. The van der Waals surface area contributed by atoms with Crippen LogP contribution in [0.1, 0.15) is 29.9 Å². The second-order valence-corrected chi connectivity index (χ2v) is 4.34. The summed E-state index contributed by atoms with van der Waals surface area (Å²) in [6.07, 6.45) is 3.62. The van der Waals surface area contributed by atoms with E-state index in [9.17, 15) is 4.79 Å². The summed E-state index contributed by atoms with van der Waals surface area (Å²) in [7, 11) is 0. The van der Waals surface area contributed by atoms with Crippen molar-refractivity contribution < 1.29 is 0 Å². The van der Waals surface area contributed by atoms with E-state index in [4.69, 9.17) is 16.9 Å². The predicted molar refractivity (Wildman–Crippen MR) is 59.7 cm³/mol. The molecule has 0 aromatic carbocycles. The van der Waals surface area contributed by atoms with Crippen molar-refractivity contribution in [2.75, 3.05) is 0 Å². The molecule has 0 saturated heterocycles. The summed E-state index contributed by atoms with van der Waals surface area (Å²) in [6, 6.07) is 3.65. The first-order valence-corrected chi connectivity index (χ1v) is 5.43. The molecule has 0 amide bonds. The molecule has 0 spiro atoms. The van der Waals surface area contributed by atoms with Gasteiger partial charge in [0.05, 0.1) is 5.52 Å². The van der Waals surface area contributed by atoms with Crippen LogP contribution in [0, 0.1) is 11.3 Å². The summed E-state index contributed by atoms with van der Waals surface area (Å²) >= 11 is 6.17. The van der Waals surface area contributed by atoms with Crippen LogP contribution in [0.3, 0.4) is 0 Å². The van der Waals surface area contributed by atoms with E-state index < -0.39 is 0 Å². The molecule has 80 valence electrons. The van der Waals surface area contributed by atoms with Crippen LogP contribution in [0.15, 0.2) is 17.1 Å². The lowest BCUT2D eigenvalue weighted by molar-refractivity contribution is 0.923. The van der Waals surface area contributed by atoms with Crippen LogP contribution in [0.2, 0.25) is 5.15 Å². The van der Waals surface area contributed by atoms with Crippen molar-refractivity contribution in [3.05, 3.63) is 38.8 Å². The second-order valence-electron chi connectivity index (χ2n) is 3.98. The first-order valence-electron chi connectivity index (χ1n) is 5.05. The molecular weight excluding hydrogens is 226 g/mol. The van der Waals surface area contributed by atoms with Crippen LogP contribution in [0.5, 0.6) is 0 Å². The molecule has 5 heteroatoms. The predicted octanol–water partition coefficient (Wildman–Crippen LogP) is 2.03. The monoisotopic (exact) mass is 233 g/mol. The number of pyridine rings is 1. The van der Waals surface area contributed by atoms with E-state index in [1.165, 1.54) is 0 Å².